The van der Waals surface area contributed by atoms with Gasteiger partial charge in [-0.1, -0.05) is 12.1 Å². The molecule has 2 aliphatic heterocycles. The standard InChI is InChI=1S/C16H22FN3O2/c17-14-3-1-2-4-15(14)19-6-8-20(9-7-19)16(21)11-13-12-22-10-5-18-13/h1-4,13,18H,5-12H2. The van der Waals surface area contributed by atoms with E-state index in [-0.39, 0.29) is 17.8 Å². The van der Waals surface area contributed by atoms with E-state index in [9.17, 15) is 9.18 Å². The Hall–Kier alpha value is -1.66. The monoisotopic (exact) mass is 307 g/mol. The van der Waals surface area contributed by atoms with Gasteiger partial charge in [0.05, 0.1) is 18.9 Å². The van der Waals surface area contributed by atoms with Crippen molar-refractivity contribution in [3.05, 3.63) is 30.1 Å². The predicted octanol–water partition coefficient (Wildman–Crippen LogP) is 0.853. The summed E-state index contributed by atoms with van der Waals surface area (Å²) in [6.45, 7) is 4.73. The molecule has 0 saturated carbocycles. The number of carbonyl (C=O) groups is 1. The number of halogens is 1. The van der Waals surface area contributed by atoms with Gasteiger partial charge in [-0.25, -0.2) is 4.39 Å². The van der Waals surface area contributed by atoms with Gasteiger partial charge in [0, 0.05) is 45.2 Å². The van der Waals surface area contributed by atoms with E-state index >= 15 is 0 Å². The molecule has 1 N–H and O–H groups in total. The zero-order chi connectivity index (χ0) is 15.4. The Morgan fingerprint density at radius 1 is 1.27 bits per heavy atom. The summed E-state index contributed by atoms with van der Waals surface area (Å²) in [5.74, 6) is -0.0537. The summed E-state index contributed by atoms with van der Waals surface area (Å²) in [5.41, 5.74) is 0.622. The highest BCUT2D eigenvalue weighted by Gasteiger charge is 2.25. The lowest BCUT2D eigenvalue weighted by Gasteiger charge is -2.37. The van der Waals surface area contributed by atoms with Crippen LogP contribution in [0.4, 0.5) is 10.1 Å². The zero-order valence-electron chi connectivity index (χ0n) is 12.6. The summed E-state index contributed by atoms with van der Waals surface area (Å²) in [6.07, 6.45) is 0.472. The van der Waals surface area contributed by atoms with Crippen molar-refractivity contribution in [3.8, 4) is 0 Å². The van der Waals surface area contributed by atoms with E-state index in [2.05, 4.69) is 5.32 Å². The van der Waals surface area contributed by atoms with Gasteiger partial charge in [-0.3, -0.25) is 4.79 Å². The molecule has 0 bridgehead atoms. The number of nitrogens with one attached hydrogen (secondary N) is 1. The Bertz CT molecular complexity index is 512. The Morgan fingerprint density at radius 3 is 2.73 bits per heavy atom. The van der Waals surface area contributed by atoms with E-state index in [1.54, 1.807) is 12.1 Å². The van der Waals surface area contributed by atoms with E-state index in [0.717, 1.165) is 6.54 Å². The first-order valence-electron chi connectivity index (χ1n) is 7.82. The molecule has 2 saturated heterocycles. The van der Waals surface area contributed by atoms with Gasteiger partial charge in [-0.2, -0.15) is 0 Å². The van der Waals surface area contributed by atoms with Gasteiger partial charge in [-0.15, -0.1) is 0 Å². The van der Waals surface area contributed by atoms with Crippen LogP contribution in [0.1, 0.15) is 6.42 Å². The highest BCUT2D eigenvalue weighted by atomic mass is 19.1. The average Bonchev–Trinajstić information content (AvgIpc) is 2.56. The number of nitrogens with zero attached hydrogens (tertiary/aromatic N) is 2. The van der Waals surface area contributed by atoms with Crippen molar-refractivity contribution in [2.45, 2.75) is 12.5 Å². The number of morpholine rings is 1. The predicted molar refractivity (Wildman–Crippen MR) is 82.4 cm³/mol. The number of para-hydroxylation sites is 1. The molecule has 1 aromatic carbocycles. The number of rotatable bonds is 3. The largest absolute Gasteiger partial charge is 0.378 e. The minimum absolute atomic E-state index is 0.117. The van der Waals surface area contributed by atoms with Crippen LogP contribution in [0, 0.1) is 5.82 Å². The number of ether oxygens (including phenoxy) is 1. The number of hydrogen-bond donors (Lipinski definition) is 1. The third-order valence-electron chi connectivity index (χ3n) is 4.24. The fourth-order valence-electron chi connectivity index (χ4n) is 3.00. The van der Waals surface area contributed by atoms with E-state index in [1.807, 2.05) is 15.9 Å². The van der Waals surface area contributed by atoms with E-state index in [4.69, 9.17) is 4.74 Å². The van der Waals surface area contributed by atoms with Crippen molar-refractivity contribution >= 4 is 11.6 Å². The third kappa shape index (κ3) is 3.56. The van der Waals surface area contributed by atoms with E-state index in [1.165, 1.54) is 6.07 Å². The Morgan fingerprint density at radius 2 is 2.05 bits per heavy atom. The topological polar surface area (TPSA) is 44.8 Å². The maximum absolute atomic E-state index is 13.8. The van der Waals surface area contributed by atoms with E-state index in [0.29, 0.717) is 51.5 Å². The molecule has 0 radical (unpaired) electrons. The van der Waals surface area contributed by atoms with Crippen molar-refractivity contribution < 1.29 is 13.9 Å². The normalized spacial score (nSPS) is 22.7. The lowest BCUT2D eigenvalue weighted by Crippen LogP contribution is -2.51. The molecule has 0 aliphatic carbocycles. The van der Waals surface area contributed by atoms with Crippen LogP contribution in [0.25, 0.3) is 0 Å². The average molecular weight is 307 g/mol. The Balaban J connectivity index is 1.51. The van der Waals surface area contributed by atoms with Gasteiger partial charge in [0.1, 0.15) is 5.82 Å². The third-order valence-corrected chi connectivity index (χ3v) is 4.24. The summed E-state index contributed by atoms with van der Waals surface area (Å²) in [7, 11) is 0. The molecule has 1 amide bonds. The van der Waals surface area contributed by atoms with Crippen molar-refractivity contribution in [2.24, 2.45) is 0 Å². The van der Waals surface area contributed by atoms with Crippen LogP contribution in [0.2, 0.25) is 0 Å². The van der Waals surface area contributed by atoms with Gasteiger partial charge in [-0.05, 0) is 12.1 Å². The first-order chi connectivity index (χ1) is 10.7. The highest BCUT2D eigenvalue weighted by molar-refractivity contribution is 5.77. The van der Waals surface area contributed by atoms with Crippen LogP contribution in [0.15, 0.2) is 24.3 Å². The van der Waals surface area contributed by atoms with Gasteiger partial charge < -0.3 is 19.9 Å². The minimum atomic E-state index is -0.203. The summed E-state index contributed by atoms with van der Waals surface area (Å²) in [5, 5.41) is 3.30. The Labute approximate surface area is 130 Å². The SMILES string of the molecule is O=C(CC1COCCN1)N1CCN(c2ccccc2F)CC1. The second-order valence-corrected chi connectivity index (χ2v) is 5.75. The Kier molecular flexibility index (Phi) is 4.90. The van der Waals surface area contributed by atoms with Crippen LogP contribution in [-0.4, -0.2) is 62.8 Å². The summed E-state index contributed by atoms with van der Waals surface area (Å²) < 4.78 is 19.2. The zero-order valence-corrected chi connectivity index (χ0v) is 12.6. The molecule has 120 valence electrons. The molecule has 0 aromatic heterocycles. The lowest BCUT2D eigenvalue weighted by molar-refractivity contribution is -0.132. The molecular weight excluding hydrogens is 285 g/mol. The number of piperazine rings is 1. The second kappa shape index (κ2) is 7.07. The molecule has 0 spiro atoms. The summed E-state index contributed by atoms with van der Waals surface area (Å²) in [4.78, 5) is 16.2. The first-order valence-corrected chi connectivity index (χ1v) is 7.82. The molecule has 3 rings (SSSR count). The number of hydrogen-bond acceptors (Lipinski definition) is 4. The smallest absolute Gasteiger partial charge is 0.224 e. The fourth-order valence-corrected chi connectivity index (χ4v) is 3.00. The quantitative estimate of drug-likeness (QED) is 0.899. The number of amides is 1. The maximum Gasteiger partial charge on any atom is 0.224 e. The van der Waals surface area contributed by atoms with Crippen LogP contribution >= 0.6 is 0 Å². The molecule has 1 atom stereocenters. The first kappa shape index (κ1) is 15.2. The fraction of sp³-hybridized carbons (Fsp3) is 0.562. The van der Waals surface area contributed by atoms with Crippen LogP contribution in [0.5, 0.6) is 0 Å². The van der Waals surface area contributed by atoms with Gasteiger partial charge in [0.15, 0.2) is 0 Å². The highest BCUT2D eigenvalue weighted by Crippen LogP contribution is 2.20. The molecule has 2 fully saturated rings. The van der Waals surface area contributed by atoms with Crippen molar-refractivity contribution in [1.82, 2.24) is 10.2 Å². The molecule has 2 heterocycles. The molecule has 1 unspecified atom stereocenters. The van der Waals surface area contributed by atoms with E-state index < -0.39 is 0 Å². The molecule has 6 heteroatoms. The molecule has 2 aliphatic rings. The molecule has 22 heavy (non-hydrogen) atoms. The molecular formula is C16H22FN3O2. The number of benzene rings is 1. The van der Waals surface area contributed by atoms with Gasteiger partial charge in [0.25, 0.3) is 0 Å². The lowest BCUT2D eigenvalue weighted by atomic mass is 10.1. The molecule has 5 nitrogen and oxygen atoms in total. The summed E-state index contributed by atoms with van der Waals surface area (Å²) >= 11 is 0. The van der Waals surface area contributed by atoms with Gasteiger partial charge in [0.2, 0.25) is 5.91 Å². The number of anilines is 1. The number of carbonyl (C=O) groups excluding carboxylic acids is 1. The maximum atomic E-state index is 13.8. The van der Waals surface area contributed by atoms with Crippen molar-refractivity contribution in [3.63, 3.8) is 0 Å². The van der Waals surface area contributed by atoms with Crippen LogP contribution < -0.4 is 10.2 Å². The van der Waals surface area contributed by atoms with Crippen LogP contribution in [-0.2, 0) is 9.53 Å². The van der Waals surface area contributed by atoms with Crippen molar-refractivity contribution in [2.75, 3.05) is 50.8 Å². The minimum Gasteiger partial charge on any atom is -0.378 e. The van der Waals surface area contributed by atoms with Crippen molar-refractivity contribution in [1.29, 1.82) is 0 Å². The van der Waals surface area contributed by atoms with Crippen LogP contribution in [0.3, 0.4) is 0 Å². The summed E-state index contributed by atoms with van der Waals surface area (Å²) in [6, 6.07) is 6.91. The second-order valence-electron chi connectivity index (χ2n) is 5.75. The van der Waals surface area contributed by atoms with Gasteiger partial charge >= 0.3 is 0 Å². The molecule has 1 aromatic rings.